The summed E-state index contributed by atoms with van der Waals surface area (Å²) >= 11 is 0. The molecule has 2 fully saturated rings. The number of methoxy groups -OCH3 is 2. The van der Waals surface area contributed by atoms with E-state index >= 15 is 0 Å². The number of benzene rings is 1. The van der Waals surface area contributed by atoms with Crippen LogP contribution in [0.4, 0.5) is 0 Å². The van der Waals surface area contributed by atoms with Gasteiger partial charge in [0.05, 0.1) is 20.8 Å². The molecule has 3 rings (SSSR count). The lowest BCUT2D eigenvalue weighted by atomic mass is 9.47. The Morgan fingerprint density at radius 2 is 1.77 bits per heavy atom. The maximum absolute atomic E-state index is 6.34. The predicted molar refractivity (Wildman–Crippen MR) is 106 cm³/mol. The van der Waals surface area contributed by atoms with Crippen LogP contribution >= 0.6 is 0 Å². The maximum atomic E-state index is 6.34. The first-order valence-electron chi connectivity index (χ1n) is 10.2. The monoisotopic (exact) mass is 360 g/mol. The van der Waals surface area contributed by atoms with Crippen LogP contribution in [0.2, 0.25) is 0 Å². The van der Waals surface area contributed by atoms with Gasteiger partial charge in [-0.05, 0) is 60.5 Å². The summed E-state index contributed by atoms with van der Waals surface area (Å²) in [6, 6.07) is 5.81. The minimum absolute atomic E-state index is 0.374. The zero-order chi connectivity index (χ0) is 18.9. The van der Waals surface area contributed by atoms with Crippen LogP contribution in [-0.2, 0) is 0 Å². The molecule has 0 radical (unpaired) electrons. The summed E-state index contributed by atoms with van der Waals surface area (Å²) in [5.41, 5.74) is 0.822. The summed E-state index contributed by atoms with van der Waals surface area (Å²) in [6.07, 6.45) is 6.72. The molecule has 1 aromatic rings. The van der Waals surface area contributed by atoms with Crippen LogP contribution in [0.5, 0.6) is 17.2 Å². The van der Waals surface area contributed by atoms with Crippen LogP contribution in [0.3, 0.4) is 0 Å². The molecule has 0 heterocycles. The van der Waals surface area contributed by atoms with E-state index < -0.39 is 0 Å². The van der Waals surface area contributed by atoms with Gasteiger partial charge in [0.25, 0.3) is 0 Å². The van der Waals surface area contributed by atoms with Gasteiger partial charge >= 0.3 is 0 Å². The first kappa shape index (κ1) is 19.4. The lowest BCUT2D eigenvalue weighted by Gasteiger charge is -2.59. The van der Waals surface area contributed by atoms with E-state index in [9.17, 15) is 0 Å². The van der Waals surface area contributed by atoms with Crippen molar-refractivity contribution in [1.29, 1.82) is 0 Å². The van der Waals surface area contributed by atoms with Gasteiger partial charge in [-0.25, -0.2) is 0 Å². The third-order valence-corrected chi connectivity index (χ3v) is 7.51. The highest BCUT2D eigenvalue weighted by Gasteiger charge is 2.53. The lowest BCUT2D eigenvalue weighted by molar-refractivity contribution is -0.105. The fourth-order valence-electron chi connectivity index (χ4n) is 6.04. The minimum Gasteiger partial charge on any atom is -0.497 e. The van der Waals surface area contributed by atoms with E-state index in [1.807, 2.05) is 18.2 Å². The van der Waals surface area contributed by atoms with Crippen molar-refractivity contribution in [3.8, 4) is 17.2 Å². The van der Waals surface area contributed by atoms with Crippen LogP contribution < -0.4 is 14.2 Å². The maximum Gasteiger partial charge on any atom is 0.164 e. The van der Waals surface area contributed by atoms with Gasteiger partial charge in [0.2, 0.25) is 0 Å². The second kappa shape index (κ2) is 7.32. The van der Waals surface area contributed by atoms with Crippen molar-refractivity contribution in [2.45, 2.75) is 59.8 Å². The van der Waals surface area contributed by atoms with Crippen molar-refractivity contribution in [3.63, 3.8) is 0 Å². The molecule has 4 atom stereocenters. The number of rotatable bonds is 5. The number of hydrogen-bond acceptors (Lipinski definition) is 3. The number of ether oxygens (including phenoxy) is 3. The van der Waals surface area contributed by atoms with Gasteiger partial charge in [-0.15, -0.1) is 0 Å². The third kappa shape index (κ3) is 3.42. The fraction of sp³-hybridized carbons (Fsp3) is 0.739. The highest BCUT2D eigenvalue weighted by Crippen LogP contribution is 2.61. The lowest BCUT2D eigenvalue weighted by Crippen LogP contribution is -2.52. The standard InChI is InChI=1S/C23H36O3/c1-16-8-11-21-22(2,3)12-7-13-23(21,4)18(16)15-26-19-10-9-17(24-5)14-20(19)25-6/h9-10,14,16,18,21H,7-8,11-13,15H2,1-6H3. The predicted octanol–water partition coefficient (Wildman–Crippen LogP) is 5.96. The second-order valence-corrected chi connectivity index (χ2v) is 9.39. The summed E-state index contributed by atoms with van der Waals surface area (Å²) in [6.45, 7) is 10.7. The van der Waals surface area contributed by atoms with E-state index in [1.165, 1.54) is 32.1 Å². The molecule has 2 saturated carbocycles. The summed E-state index contributed by atoms with van der Waals surface area (Å²) in [4.78, 5) is 0. The van der Waals surface area contributed by atoms with E-state index in [-0.39, 0.29) is 0 Å². The van der Waals surface area contributed by atoms with Crippen molar-refractivity contribution in [2.75, 3.05) is 20.8 Å². The van der Waals surface area contributed by atoms with Gasteiger partial charge in [0.1, 0.15) is 5.75 Å². The number of hydrogen-bond donors (Lipinski definition) is 0. The van der Waals surface area contributed by atoms with E-state index in [0.29, 0.717) is 22.7 Å². The largest absolute Gasteiger partial charge is 0.497 e. The molecule has 3 nitrogen and oxygen atoms in total. The zero-order valence-corrected chi connectivity index (χ0v) is 17.4. The zero-order valence-electron chi connectivity index (χ0n) is 17.4. The van der Waals surface area contributed by atoms with Crippen LogP contribution in [0.1, 0.15) is 59.8 Å². The Labute approximate surface area is 159 Å². The van der Waals surface area contributed by atoms with Crippen molar-refractivity contribution < 1.29 is 14.2 Å². The Bertz CT molecular complexity index is 624. The van der Waals surface area contributed by atoms with Crippen LogP contribution in [0.25, 0.3) is 0 Å². The molecule has 26 heavy (non-hydrogen) atoms. The molecule has 0 saturated heterocycles. The molecule has 0 aromatic heterocycles. The van der Waals surface area contributed by atoms with Gasteiger partial charge in [0.15, 0.2) is 11.5 Å². The smallest absolute Gasteiger partial charge is 0.164 e. The van der Waals surface area contributed by atoms with Crippen molar-refractivity contribution in [1.82, 2.24) is 0 Å². The van der Waals surface area contributed by atoms with Crippen molar-refractivity contribution in [2.24, 2.45) is 28.6 Å². The van der Waals surface area contributed by atoms with Crippen LogP contribution in [-0.4, -0.2) is 20.8 Å². The molecule has 0 N–H and O–H groups in total. The molecule has 0 amide bonds. The van der Waals surface area contributed by atoms with Crippen LogP contribution in [0.15, 0.2) is 18.2 Å². The molecule has 3 heteroatoms. The second-order valence-electron chi connectivity index (χ2n) is 9.39. The first-order valence-corrected chi connectivity index (χ1v) is 10.2. The highest BCUT2D eigenvalue weighted by atomic mass is 16.5. The van der Waals surface area contributed by atoms with E-state index in [4.69, 9.17) is 14.2 Å². The average Bonchev–Trinajstić information content (AvgIpc) is 2.60. The summed E-state index contributed by atoms with van der Waals surface area (Å²) < 4.78 is 17.2. The summed E-state index contributed by atoms with van der Waals surface area (Å²) in [5.74, 6) is 4.45. The van der Waals surface area contributed by atoms with Gasteiger partial charge in [0, 0.05) is 12.0 Å². The Balaban J connectivity index is 1.80. The fourth-order valence-corrected chi connectivity index (χ4v) is 6.04. The highest BCUT2D eigenvalue weighted by molar-refractivity contribution is 5.45. The molecule has 1 aromatic carbocycles. The van der Waals surface area contributed by atoms with Gasteiger partial charge in [-0.2, -0.15) is 0 Å². The van der Waals surface area contributed by atoms with Crippen molar-refractivity contribution in [3.05, 3.63) is 18.2 Å². The molecular formula is C23H36O3. The van der Waals surface area contributed by atoms with Gasteiger partial charge in [-0.3, -0.25) is 0 Å². The van der Waals surface area contributed by atoms with Gasteiger partial charge < -0.3 is 14.2 Å². The summed E-state index contributed by atoms with van der Waals surface area (Å²) in [7, 11) is 3.36. The third-order valence-electron chi connectivity index (χ3n) is 7.51. The molecule has 0 bridgehead atoms. The topological polar surface area (TPSA) is 27.7 Å². The first-order chi connectivity index (χ1) is 12.3. The normalized spacial score (nSPS) is 33.2. The molecule has 0 aliphatic heterocycles. The Morgan fingerprint density at radius 3 is 2.46 bits per heavy atom. The van der Waals surface area contributed by atoms with E-state index in [2.05, 4.69) is 27.7 Å². The summed E-state index contributed by atoms with van der Waals surface area (Å²) in [5, 5.41) is 0. The molecular weight excluding hydrogens is 324 g/mol. The van der Waals surface area contributed by atoms with Gasteiger partial charge in [-0.1, -0.05) is 34.1 Å². The SMILES string of the molecule is COc1ccc(OCC2C(C)CCC3C(C)(C)CCCC23C)c(OC)c1. The quantitative estimate of drug-likeness (QED) is 0.648. The number of fused-ring (bicyclic) bond motifs is 1. The molecule has 146 valence electrons. The van der Waals surface area contributed by atoms with E-state index in [1.54, 1.807) is 14.2 Å². The molecule has 2 aliphatic rings. The van der Waals surface area contributed by atoms with Crippen LogP contribution in [0, 0.1) is 28.6 Å². The molecule has 4 unspecified atom stereocenters. The average molecular weight is 361 g/mol. The van der Waals surface area contributed by atoms with E-state index in [0.717, 1.165) is 29.8 Å². The van der Waals surface area contributed by atoms with Crippen molar-refractivity contribution >= 4 is 0 Å². The molecule has 0 spiro atoms. The Hall–Kier alpha value is -1.38. The molecule has 2 aliphatic carbocycles. The Kier molecular flexibility index (Phi) is 5.46. The Morgan fingerprint density at radius 1 is 1.00 bits per heavy atom. The minimum atomic E-state index is 0.374.